The lowest BCUT2D eigenvalue weighted by Crippen LogP contribution is -2.47. The number of carbonyl (C=O) groups excluding carboxylic acids is 1. The smallest absolute Gasteiger partial charge is 0.270 e. The van der Waals surface area contributed by atoms with Crippen LogP contribution in [-0.2, 0) is 11.3 Å². The van der Waals surface area contributed by atoms with Gasteiger partial charge in [0.05, 0.1) is 12.1 Å². The molecule has 7 heteroatoms. The molecule has 0 atom stereocenters. The van der Waals surface area contributed by atoms with Crippen LogP contribution in [0.2, 0.25) is 0 Å². The molecule has 118 valence electrons. The van der Waals surface area contributed by atoms with E-state index in [-0.39, 0.29) is 18.1 Å². The predicted octanol–water partition coefficient (Wildman–Crippen LogP) is 1.37. The Bertz CT molecular complexity index is 484. The minimum atomic E-state index is -2.52. The second-order valence-corrected chi connectivity index (χ2v) is 5.43. The molecule has 1 aromatic rings. The van der Waals surface area contributed by atoms with Gasteiger partial charge in [0, 0.05) is 45.8 Å². The fourth-order valence-corrected chi connectivity index (χ4v) is 2.53. The highest BCUT2D eigenvalue weighted by Crippen LogP contribution is 2.22. The van der Waals surface area contributed by atoms with Crippen LogP contribution in [0.15, 0.2) is 18.3 Å². The third-order valence-corrected chi connectivity index (χ3v) is 3.69. The van der Waals surface area contributed by atoms with E-state index >= 15 is 0 Å². The molecule has 21 heavy (non-hydrogen) atoms. The average Bonchev–Trinajstić information content (AvgIpc) is 2.85. The first kappa shape index (κ1) is 15.9. The second kappa shape index (κ2) is 6.53. The number of rotatable bonds is 5. The van der Waals surface area contributed by atoms with E-state index in [2.05, 4.69) is 0 Å². The molecule has 0 saturated carbocycles. The molecular weight excluding hydrogens is 282 g/mol. The van der Waals surface area contributed by atoms with Crippen molar-refractivity contribution in [2.24, 2.45) is 0 Å². The number of carbonyl (C=O) groups is 1. The Hall–Kier alpha value is -1.47. The number of ether oxygens (including phenoxy) is 1. The number of nitrogens with zero attached hydrogens (tertiary/aromatic N) is 2. The normalized spacial score (nSPS) is 18.0. The molecule has 1 aromatic heterocycles. The molecule has 0 aromatic carbocycles. The standard InChI is InChI=1S/C14H20F2N2O3/c1-17(10-14(20)4-7-21-8-5-14)13(19)11-3-2-6-18(11)9-12(15)16/h2-3,6,12,20H,4-5,7-10H2,1H3. The molecule has 0 aliphatic carbocycles. The van der Waals surface area contributed by atoms with Crippen molar-refractivity contribution in [2.45, 2.75) is 31.4 Å². The van der Waals surface area contributed by atoms with E-state index in [0.717, 1.165) is 0 Å². The van der Waals surface area contributed by atoms with Crippen LogP contribution in [-0.4, -0.2) is 59.3 Å². The van der Waals surface area contributed by atoms with Crippen LogP contribution in [0.3, 0.4) is 0 Å². The highest BCUT2D eigenvalue weighted by molar-refractivity contribution is 5.92. The molecule has 0 spiro atoms. The van der Waals surface area contributed by atoms with E-state index in [0.29, 0.717) is 26.1 Å². The van der Waals surface area contributed by atoms with Crippen molar-refractivity contribution in [1.29, 1.82) is 0 Å². The Kier molecular flexibility index (Phi) is 4.95. The average molecular weight is 302 g/mol. The monoisotopic (exact) mass is 302 g/mol. The molecule has 1 aliphatic heterocycles. The van der Waals surface area contributed by atoms with Gasteiger partial charge in [-0.05, 0) is 12.1 Å². The van der Waals surface area contributed by atoms with E-state index in [1.807, 2.05) is 0 Å². The van der Waals surface area contributed by atoms with E-state index < -0.39 is 18.6 Å². The summed E-state index contributed by atoms with van der Waals surface area (Å²) in [4.78, 5) is 13.7. The predicted molar refractivity (Wildman–Crippen MR) is 72.4 cm³/mol. The van der Waals surface area contributed by atoms with Gasteiger partial charge < -0.3 is 19.3 Å². The molecule has 1 N–H and O–H groups in total. The maximum atomic E-state index is 12.5. The van der Waals surface area contributed by atoms with Gasteiger partial charge in [0.2, 0.25) is 0 Å². The number of alkyl halides is 2. The Morgan fingerprint density at radius 2 is 2.19 bits per heavy atom. The summed E-state index contributed by atoms with van der Waals surface area (Å²) in [6.45, 7) is 0.565. The van der Waals surface area contributed by atoms with Crippen molar-refractivity contribution in [3.8, 4) is 0 Å². The third-order valence-electron chi connectivity index (χ3n) is 3.69. The van der Waals surface area contributed by atoms with E-state index in [1.165, 1.54) is 21.7 Å². The second-order valence-electron chi connectivity index (χ2n) is 5.43. The summed E-state index contributed by atoms with van der Waals surface area (Å²) in [5.41, 5.74) is -0.767. The Morgan fingerprint density at radius 1 is 1.52 bits per heavy atom. The van der Waals surface area contributed by atoms with Gasteiger partial charge in [-0.1, -0.05) is 0 Å². The molecule has 1 aliphatic rings. The first-order valence-corrected chi connectivity index (χ1v) is 6.90. The minimum absolute atomic E-state index is 0.162. The van der Waals surface area contributed by atoms with Gasteiger partial charge in [0.15, 0.2) is 0 Å². The Labute approximate surface area is 122 Å². The number of hydrogen-bond donors (Lipinski definition) is 1. The summed E-state index contributed by atoms with van der Waals surface area (Å²) < 4.78 is 31.4. The van der Waals surface area contributed by atoms with Gasteiger partial charge in [-0.25, -0.2) is 8.78 Å². The van der Waals surface area contributed by atoms with Crippen LogP contribution in [0.1, 0.15) is 23.3 Å². The fraction of sp³-hybridized carbons (Fsp3) is 0.643. The molecule has 0 unspecified atom stereocenters. The van der Waals surface area contributed by atoms with Crippen LogP contribution in [0, 0.1) is 0 Å². The molecule has 2 rings (SSSR count). The molecule has 1 amide bonds. The molecule has 0 bridgehead atoms. The largest absolute Gasteiger partial charge is 0.388 e. The van der Waals surface area contributed by atoms with E-state index in [1.54, 1.807) is 13.1 Å². The van der Waals surface area contributed by atoms with Crippen molar-refractivity contribution in [3.05, 3.63) is 24.0 Å². The molecule has 1 fully saturated rings. The molecule has 2 heterocycles. The van der Waals surface area contributed by atoms with Crippen molar-refractivity contribution in [3.63, 3.8) is 0 Å². The number of amides is 1. The zero-order valence-corrected chi connectivity index (χ0v) is 12.0. The lowest BCUT2D eigenvalue weighted by Gasteiger charge is -2.35. The van der Waals surface area contributed by atoms with Crippen LogP contribution in [0.4, 0.5) is 8.78 Å². The Morgan fingerprint density at radius 3 is 2.81 bits per heavy atom. The summed E-state index contributed by atoms with van der Waals surface area (Å²) in [6.07, 6.45) is -0.143. The summed E-state index contributed by atoms with van der Waals surface area (Å²) in [6, 6.07) is 3.07. The maximum absolute atomic E-state index is 12.5. The number of aromatic nitrogens is 1. The topological polar surface area (TPSA) is 54.7 Å². The van der Waals surface area contributed by atoms with Gasteiger partial charge in [0.25, 0.3) is 12.3 Å². The molecule has 5 nitrogen and oxygen atoms in total. The lowest BCUT2D eigenvalue weighted by atomic mass is 9.94. The minimum Gasteiger partial charge on any atom is -0.388 e. The van der Waals surface area contributed by atoms with Gasteiger partial charge in [-0.3, -0.25) is 4.79 Å². The first-order valence-electron chi connectivity index (χ1n) is 6.90. The van der Waals surface area contributed by atoms with Crippen molar-refractivity contribution >= 4 is 5.91 Å². The SMILES string of the molecule is CN(CC1(O)CCOCC1)C(=O)c1cccn1CC(F)F. The first-order chi connectivity index (χ1) is 9.91. The van der Waals surface area contributed by atoms with Gasteiger partial charge in [0.1, 0.15) is 5.69 Å². The zero-order valence-electron chi connectivity index (χ0n) is 12.0. The highest BCUT2D eigenvalue weighted by Gasteiger charge is 2.33. The van der Waals surface area contributed by atoms with Gasteiger partial charge in [-0.2, -0.15) is 0 Å². The number of likely N-dealkylation sites (N-methyl/N-ethyl adjacent to an activating group) is 1. The molecule has 1 saturated heterocycles. The van der Waals surface area contributed by atoms with E-state index in [9.17, 15) is 18.7 Å². The van der Waals surface area contributed by atoms with Gasteiger partial charge >= 0.3 is 0 Å². The highest BCUT2D eigenvalue weighted by atomic mass is 19.3. The van der Waals surface area contributed by atoms with Crippen molar-refractivity contribution < 1.29 is 23.4 Å². The zero-order chi connectivity index (χ0) is 15.5. The third kappa shape index (κ3) is 4.01. The van der Waals surface area contributed by atoms with Crippen LogP contribution in [0.25, 0.3) is 0 Å². The summed E-state index contributed by atoms with van der Waals surface area (Å²) in [7, 11) is 1.56. The van der Waals surface area contributed by atoms with Crippen molar-refractivity contribution in [2.75, 3.05) is 26.8 Å². The van der Waals surface area contributed by atoms with E-state index in [4.69, 9.17) is 4.74 Å². The maximum Gasteiger partial charge on any atom is 0.270 e. The quantitative estimate of drug-likeness (QED) is 0.894. The van der Waals surface area contributed by atoms with Crippen molar-refractivity contribution in [1.82, 2.24) is 9.47 Å². The lowest BCUT2D eigenvalue weighted by molar-refractivity contribution is -0.0735. The fourth-order valence-electron chi connectivity index (χ4n) is 2.53. The molecular formula is C14H20F2N2O3. The summed E-state index contributed by atoms with van der Waals surface area (Å²) >= 11 is 0. The number of aliphatic hydroxyl groups is 1. The number of hydrogen-bond acceptors (Lipinski definition) is 3. The van der Waals surface area contributed by atoms with Crippen LogP contribution >= 0.6 is 0 Å². The molecule has 0 radical (unpaired) electrons. The number of halogens is 2. The van der Waals surface area contributed by atoms with Gasteiger partial charge in [-0.15, -0.1) is 0 Å². The Balaban J connectivity index is 2.03. The van der Waals surface area contributed by atoms with Crippen LogP contribution < -0.4 is 0 Å². The summed E-state index contributed by atoms with van der Waals surface area (Å²) in [5, 5.41) is 10.4. The van der Waals surface area contributed by atoms with Crippen LogP contribution in [0.5, 0.6) is 0 Å². The summed E-state index contributed by atoms with van der Waals surface area (Å²) in [5.74, 6) is -0.374.